The molecular weight excluding hydrogens is 504 g/mol. The molecule has 6 aromatic carbocycles. The van der Waals surface area contributed by atoms with Crippen LogP contribution in [0.3, 0.4) is 0 Å². The van der Waals surface area contributed by atoms with E-state index in [2.05, 4.69) is 65.6 Å². The Morgan fingerprint density at radius 1 is 0.286 bits per heavy atom. The molecule has 0 aromatic heterocycles. The molecule has 0 bridgehead atoms. The SMILES string of the molecule is C(#Cc1cc(C#Cc2ccccc2)c2c(C#Cc3ccccc3)cccc2c1C#Cc1ccccc1)c1ccccc1. The summed E-state index contributed by atoms with van der Waals surface area (Å²) in [5.41, 5.74) is 7.27. The largest absolute Gasteiger partial charge is 0.0622 e. The summed E-state index contributed by atoms with van der Waals surface area (Å²) in [4.78, 5) is 0. The Balaban J connectivity index is 1.62. The number of fused-ring (bicyclic) bond motifs is 1. The molecule has 0 atom stereocenters. The summed E-state index contributed by atoms with van der Waals surface area (Å²) < 4.78 is 0. The number of hydrogen-bond donors (Lipinski definition) is 0. The van der Waals surface area contributed by atoms with Crippen LogP contribution in [0.5, 0.6) is 0 Å². The highest BCUT2D eigenvalue weighted by molar-refractivity contribution is 5.99. The molecule has 0 fully saturated rings. The maximum Gasteiger partial charge on any atom is 0.0485 e. The average Bonchev–Trinajstić information content (AvgIpc) is 3.06. The van der Waals surface area contributed by atoms with Crippen molar-refractivity contribution in [3.63, 3.8) is 0 Å². The Morgan fingerprint density at radius 2 is 0.690 bits per heavy atom. The van der Waals surface area contributed by atoms with Gasteiger partial charge in [-0.25, -0.2) is 0 Å². The van der Waals surface area contributed by atoms with Crippen LogP contribution < -0.4 is 0 Å². The van der Waals surface area contributed by atoms with E-state index in [9.17, 15) is 0 Å². The number of benzene rings is 6. The molecular formula is C42H24. The van der Waals surface area contributed by atoms with Crippen molar-refractivity contribution in [1.82, 2.24) is 0 Å². The van der Waals surface area contributed by atoms with Gasteiger partial charge in [-0.3, -0.25) is 0 Å². The summed E-state index contributed by atoms with van der Waals surface area (Å²) >= 11 is 0. The lowest BCUT2D eigenvalue weighted by molar-refractivity contribution is 1.58. The molecule has 0 aliphatic rings. The molecule has 0 aliphatic carbocycles. The summed E-state index contributed by atoms with van der Waals surface area (Å²) in [6, 6.07) is 48.3. The minimum absolute atomic E-state index is 0.834. The summed E-state index contributed by atoms with van der Waals surface area (Å²) in [5.74, 6) is 27.1. The highest BCUT2D eigenvalue weighted by Crippen LogP contribution is 2.29. The van der Waals surface area contributed by atoms with Crippen LogP contribution >= 0.6 is 0 Å². The van der Waals surface area contributed by atoms with Crippen LogP contribution in [0, 0.1) is 47.4 Å². The van der Waals surface area contributed by atoms with Crippen molar-refractivity contribution < 1.29 is 0 Å². The van der Waals surface area contributed by atoms with Gasteiger partial charge in [0.15, 0.2) is 0 Å². The lowest BCUT2D eigenvalue weighted by Crippen LogP contribution is -1.94. The maximum absolute atomic E-state index is 3.46. The van der Waals surface area contributed by atoms with E-state index < -0.39 is 0 Å². The highest BCUT2D eigenvalue weighted by atomic mass is 14.1. The minimum Gasteiger partial charge on any atom is -0.0622 e. The summed E-state index contributed by atoms with van der Waals surface area (Å²) in [7, 11) is 0. The van der Waals surface area contributed by atoms with Gasteiger partial charge < -0.3 is 0 Å². The molecule has 0 saturated heterocycles. The minimum atomic E-state index is 0.834. The first-order chi connectivity index (χ1) is 20.8. The molecule has 0 amide bonds. The van der Waals surface area contributed by atoms with E-state index in [0.717, 1.165) is 55.3 Å². The van der Waals surface area contributed by atoms with Crippen LogP contribution in [0.25, 0.3) is 10.8 Å². The van der Waals surface area contributed by atoms with Gasteiger partial charge >= 0.3 is 0 Å². The van der Waals surface area contributed by atoms with Crippen LogP contribution in [0.1, 0.15) is 44.5 Å². The Morgan fingerprint density at radius 3 is 1.17 bits per heavy atom. The van der Waals surface area contributed by atoms with Gasteiger partial charge in [0.25, 0.3) is 0 Å². The molecule has 0 saturated carbocycles. The molecule has 0 heteroatoms. The first-order valence-electron chi connectivity index (χ1n) is 13.7. The zero-order valence-corrected chi connectivity index (χ0v) is 22.9. The topological polar surface area (TPSA) is 0 Å². The van der Waals surface area contributed by atoms with Crippen molar-refractivity contribution in [2.75, 3.05) is 0 Å². The van der Waals surface area contributed by atoms with Gasteiger partial charge in [0.2, 0.25) is 0 Å². The molecule has 6 aromatic rings. The molecule has 42 heavy (non-hydrogen) atoms. The van der Waals surface area contributed by atoms with E-state index >= 15 is 0 Å². The van der Waals surface area contributed by atoms with Gasteiger partial charge in [-0.05, 0) is 60.7 Å². The maximum atomic E-state index is 3.46. The molecule has 6 rings (SSSR count). The van der Waals surface area contributed by atoms with Crippen LogP contribution in [0.15, 0.2) is 146 Å². The van der Waals surface area contributed by atoms with Gasteiger partial charge in [-0.1, -0.05) is 132 Å². The quantitative estimate of drug-likeness (QED) is 0.174. The van der Waals surface area contributed by atoms with Gasteiger partial charge in [-0.2, -0.15) is 0 Å². The second-order valence-corrected chi connectivity index (χ2v) is 9.54. The van der Waals surface area contributed by atoms with E-state index in [0.29, 0.717) is 0 Å². The molecule has 192 valence electrons. The Hall–Kier alpha value is -6.18. The van der Waals surface area contributed by atoms with Crippen molar-refractivity contribution in [3.05, 3.63) is 190 Å². The predicted molar refractivity (Wildman–Crippen MR) is 174 cm³/mol. The fourth-order valence-electron chi connectivity index (χ4n) is 4.56. The van der Waals surface area contributed by atoms with Gasteiger partial charge in [0.05, 0.1) is 0 Å². The zero-order chi connectivity index (χ0) is 28.4. The number of hydrogen-bond acceptors (Lipinski definition) is 0. The third-order valence-corrected chi connectivity index (χ3v) is 6.61. The molecule has 0 heterocycles. The Kier molecular flexibility index (Phi) is 7.93. The van der Waals surface area contributed by atoms with Crippen molar-refractivity contribution in [1.29, 1.82) is 0 Å². The Labute approximate surface area is 247 Å². The molecule has 0 N–H and O–H groups in total. The second-order valence-electron chi connectivity index (χ2n) is 9.54. The van der Waals surface area contributed by atoms with Crippen molar-refractivity contribution >= 4 is 10.8 Å². The van der Waals surface area contributed by atoms with Crippen LogP contribution in [0.4, 0.5) is 0 Å². The third kappa shape index (κ3) is 6.34. The first-order valence-corrected chi connectivity index (χ1v) is 13.7. The molecule has 0 unspecified atom stereocenters. The van der Waals surface area contributed by atoms with E-state index in [1.54, 1.807) is 0 Å². The lowest BCUT2D eigenvalue weighted by Gasteiger charge is -2.10. The van der Waals surface area contributed by atoms with Crippen molar-refractivity contribution in [2.45, 2.75) is 0 Å². The third-order valence-electron chi connectivity index (χ3n) is 6.61. The predicted octanol–water partition coefficient (Wildman–Crippen LogP) is 8.44. The Bertz CT molecular complexity index is 2110. The molecule has 0 aliphatic heterocycles. The van der Waals surface area contributed by atoms with Crippen LogP contribution in [0.2, 0.25) is 0 Å². The smallest absolute Gasteiger partial charge is 0.0485 e. The lowest BCUT2D eigenvalue weighted by atomic mass is 9.91. The van der Waals surface area contributed by atoms with E-state index in [-0.39, 0.29) is 0 Å². The average molecular weight is 529 g/mol. The van der Waals surface area contributed by atoms with Crippen molar-refractivity contribution in [3.8, 4) is 47.4 Å². The normalized spacial score (nSPS) is 9.62. The summed E-state index contributed by atoms with van der Waals surface area (Å²) in [5, 5.41) is 1.96. The van der Waals surface area contributed by atoms with Crippen LogP contribution in [-0.2, 0) is 0 Å². The van der Waals surface area contributed by atoms with Gasteiger partial charge in [0.1, 0.15) is 0 Å². The van der Waals surface area contributed by atoms with Gasteiger partial charge in [0, 0.05) is 55.3 Å². The monoisotopic (exact) mass is 528 g/mol. The second kappa shape index (κ2) is 12.8. The fraction of sp³-hybridized carbons (Fsp3) is 0. The van der Waals surface area contributed by atoms with Gasteiger partial charge in [-0.15, -0.1) is 0 Å². The molecule has 0 spiro atoms. The fourth-order valence-corrected chi connectivity index (χ4v) is 4.56. The number of rotatable bonds is 0. The van der Waals surface area contributed by atoms with E-state index in [1.807, 2.05) is 127 Å². The van der Waals surface area contributed by atoms with Crippen molar-refractivity contribution in [2.24, 2.45) is 0 Å². The molecule has 0 radical (unpaired) electrons. The van der Waals surface area contributed by atoms with Crippen LogP contribution in [-0.4, -0.2) is 0 Å². The standard InChI is InChI=1S/C42H24/c1-5-14-33(15-6-1)24-28-37-22-13-23-41-40(31-27-36-20-11-4-12-21-36)38(29-25-34-16-7-2-8-17-34)32-39(42(37)41)30-26-35-18-9-3-10-19-35/h1-23,32H. The summed E-state index contributed by atoms with van der Waals surface area (Å²) in [6.45, 7) is 0. The molecule has 0 nitrogen and oxygen atoms in total. The highest BCUT2D eigenvalue weighted by Gasteiger charge is 2.12. The van der Waals surface area contributed by atoms with E-state index in [1.165, 1.54) is 0 Å². The zero-order valence-electron chi connectivity index (χ0n) is 22.9. The van der Waals surface area contributed by atoms with E-state index in [4.69, 9.17) is 0 Å². The first kappa shape index (κ1) is 26.1. The summed E-state index contributed by atoms with van der Waals surface area (Å²) in [6.07, 6.45) is 0.